The lowest BCUT2D eigenvalue weighted by molar-refractivity contribution is -0.125. The molecule has 0 bridgehead atoms. The zero-order valence-electron chi connectivity index (χ0n) is 11.5. The van der Waals surface area contributed by atoms with E-state index in [-0.39, 0.29) is 12.5 Å². The number of aryl methyl sites for hydroxylation is 1. The van der Waals surface area contributed by atoms with Crippen LogP contribution in [0.3, 0.4) is 0 Å². The summed E-state index contributed by atoms with van der Waals surface area (Å²) in [4.78, 5) is 11.8. The van der Waals surface area contributed by atoms with E-state index in [4.69, 9.17) is 10.5 Å². The van der Waals surface area contributed by atoms with E-state index in [1.807, 2.05) is 45.0 Å². The van der Waals surface area contributed by atoms with Gasteiger partial charge in [-0.2, -0.15) is 0 Å². The number of rotatable bonds is 6. The van der Waals surface area contributed by atoms with Crippen LogP contribution in [0.25, 0.3) is 0 Å². The Morgan fingerprint density at radius 3 is 2.61 bits per heavy atom. The molecule has 0 fully saturated rings. The lowest BCUT2D eigenvalue weighted by Crippen LogP contribution is -2.57. The summed E-state index contributed by atoms with van der Waals surface area (Å²) in [7, 11) is 1.57. The van der Waals surface area contributed by atoms with Gasteiger partial charge in [-0.3, -0.25) is 4.79 Å². The Balaban J connectivity index is 3.08. The minimum Gasteiger partial charge on any atom is -0.382 e. The van der Waals surface area contributed by atoms with Crippen molar-refractivity contribution in [3.63, 3.8) is 0 Å². The zero-order valence-corrected chi connectivity index (χ0v) is 11.5. The Kier molecular flexibility index (Phi) is 4.73. The molecule has 0 spiro atoms. The Labute approximate surface area is 109 Å². The molecule has 1 rings (SSSR count). The smallest absolute Gasteiger partial charge is 0.245 e. The van der Waals surface area contributed by atoms with E-state index in [0.717, 1.165) is 11.3 Å². The number of hydrogen-bond donors (Lipinski definition) is 2. The lowest BCUT2D eigenvalue weighted by Gasteiger charge is -2.35. The summed E-state index contributed by atoms with van der Waals surface area (Å²) in [5.41, 5.74) is 6.68. The second-order valence-electron chi connectivity index (χ2n) is 4.92. The van der Waals surface area contributed by atoms with Crippen molar-refractivity contribution >= 4 is 11.6 Å². The van der Waals surface area contributed by atoms with Crippen molar-refractivity contribution in [1.29, 1.82) is 0 Å². The van der Waals surface area contributed by atoms with Crippen molar-refractivity contribution in [2.75, 3.05) is 19.0 Å². The molecule has 1 amide bonds. The van der Waals surface area contributed by atoms with Crippen molar-refractivity contribution in [1.82, 2.24) is 0 Å². The first-order chi connectivity index (χ1) is 8.42. The molecular formula is C14H22N2O2. The average Bonchev–Trinajstić information content (AvgIpc) is 2.27. The largest absolute Gasteiger partial charge is 0.382 e. The first-order valence-electron chi connectivity index (χ1n) is 6.06. The van der Waals surface area contributed by atoms with Gasteiger partial charge in [0.25, 0.3) is 0 Å². The van der Waals surface area contributed by atoms with Gasteiger partial charge in [-0.25, -0.2) is 0 Å². The minimum atomic E-state index is -0.886. The van der Waals surface area contributed by atoms with Gasteiger partial charge in [0, 0.05) is 12.8 Å². The summed E-state index contributed by atoms with van der Waals surface area (Å²) < 4.78 is 5.17. The van der Waals surface area contributed by atoms with Crippen LogP contribution < -0.4 is 11.1 Å². The lowest BCUT2D eigenvalue weighted by atomic mass is 9.86. The van der Waals surface area contributed by atoms with E-state index in [9.17, 15) is 4.79 Å². The summed E-state index contributed by atoms with van der Waals surface area (Å²) in [6.07, 6.45) is 0. The van der Waals surface area contributed by atoms with E-state index in [1.54, 1.807) is 7.11 Å². The third kappa shape index (κ3) is 3.01. The molecule has 0 aromatic heterocycles. The van der Waals surface area contributed by atoms with Gasteiger partial charge in [-0.05, 0) is 30.5 Å². The van der Waals surface area contributed by atoms with Gasteiger partial charge in [-0.15, -0.1) is 0 Å². The highest BCUT2D eigenvalue weighted by atomic mass is 16.5. The second-order valence-corrected chi connectivity index (χ2v) is 4.92. The molecule has 4 nitrogen and oxygen atoms in total. The van der Waals surface area contributed by atoms with Gasteiger partial charge >= 0.3 is 0 Å². The van der Waals surface area contributed by atoms with Crippen LogP contribution in [-0.4, -0.2) is 25.2 Å². The van der Waals surface area contributed by atoms with Crippen LogP contribution >= 0.6 is 0 Å². The number of nitrogens with one attached hydrogen (secondary N) is 1. The number of benzene rings is 1. The molecule has 4 heteroatoms. The zero-order chi connectivity index (χ0) is 13.8. The summed E-state index contributed by atoms with van der Waals surface area (Å²) in [5.74, 6) is -0.378. The third-order valence-electron chi connectivity index (χ3n) is 3.18. The van der Waals surface area contributed by atoms with Crippen LogP contribution in [-0.2, 0) is 9.53 Å². The summed E-state index contributed by atoms with van der Waals surface area (Å²) >= 11 is 0. The highest BCUT2D eigenvalue weighted by Crippen LogP contribution is 2.24. The number of anilines is 1. The molecular weight excluding hydrogens is 228 g/mol. The standard InChI is InChI=1S/C14H22N2O2/c1-10(2)14(9-18-4,13(15)17)16-12-7-5-6-11(3)8-12/h5-8,10,16H,9H2,1-4H3,(H2,15,17). The van der Waals surface area contributed by atoms with Crippen molar-refractivity contribution in [2.45, 2.75) is 26.3 Å². The molecule has 1 aromatic carbocycles. The topological polar surface area (TPSA) is 64.3 Å². The van der Waals surface area contributed by atoms with Crippen LogP contribution in [0.1, 0.15) is 19.4 Å². The van der Waals surface area contributed by atoms with Gasteiger partial charge in [0.2, 0.25) is 5.91 Å². The number of primary amides is 1. The van der Waals surface area contributed by atoms with Crippen molar-refractivity contribution < 1.29 is 9.53 Å². The Bertz CT molecular complexity index is 418. The summed E-state index contributed by atoms with van der Waals surface area (Å²) in [5, 5.41) is 3.23. The molecule has 1 aromatic rings. The van der Waals surface area contributed by atoms with E-state index in [2.05, 4.69) is 5.32 Å². The van der Waals surface area contributed by atoms with Crippen molar-refractivity contribution in [3.8, 4) is 0 Å². The highest BCUT2D eigenvalue weighted by molar-refractivity contribution is 5.88. The monoisotopic (exact) mass is 250 g/mol. The highest BCUT2D eigenvalue weighted by Gasteiger charge is 2.40. The number of carbonyl (C=O) groups excluding carboxylic acids is 1. The number of methoxy groups -OCH3 is 1. The maximum atomic E-state index is 11.8. The molecule has 0 saturated heterocycles. The van der Waals surface area contributed by atoms with E-state index in [0.29, 0.717) is 0 Å². The first kappa shape index (κ1) is 14.5. The predicted molar refractivity (Wildman–Crippen MR) is 73.4 cm³/mol. The molecule has 0 radical (unpaired) electrons. The number of carbonyl (C=O) groups is 1. The molecule has 100 valence electrons. The quantitative estimate of drug-likeness (QED) is 0.811. The van der Waals surface area contributed by atoms with Crippen LogP contribution in [0, 0.1) is 12.8 Å². The van der Waals surface area contributed by atoms with Gasteiger partial charge in [0.05, 0.1) is 6.61 Å². The van der Waals surface area contributed by atoms with E-state index in [1.165, 1.54) is 0 Å². The van der Waals surface area contributed by atoms with Crippen LogP contribution in [0.4, 0.5) is 5.69 Å². The molecule has 0 heterocycles. The first-order valence-corrected chi connectivity index (χ1v) is 6.06. The van der Waals surface area contributed by atoms with Crippen LogP contribution in [0.5, 0.6) is 0 Å². The van der Waals surface area contributed by atoms with Gasteiger partial charge < -0.3 is 15.8 Å². The molecule has 0 saturated carbocycles. The van der Waals surface area contributed by atoms with E-state index >= 15 is 0 Å². The SMILES string of the molecule is COCC(Nc1cccc(C)c1)(C(N)=O)C(C)C. The third-order valence-corrected chi connectivity index (χ3v) is 3.18. The van der Waals surface area contributed by atoms with Crippen LogP contribution in [0.2, 0.25) is 0 Å². The molecule has 0 aliphatic heterocycles. The maximum Gasteiger partial charge on any atom is 0.245 e. The molecule has 3 N–H and O–H groups in total. The number of nitrogens with two attached hydrogens (primary N) is 1. The fourth-order valence-corrected chi connectivity index (χ4v) is 1.97. The average molecular weight is 250 g/mol. The Morgan fingerprint density at radius 1 is 1.50 bits per heavy atom. The predicted octanol–water partition coefficient (Wildman–Crippen LogP) is 1.93. The van der Waals surface area contributed by atoms with Gasteiger partial charge in [0.15, 0.2) is 0 Å². The Hall–Kier alpha value is -1.55. The normalized spacial score (nSPS) is 14.3. The van der Waals surface area contributed by atoms with E-state index < -0.39 is 11.4 Å². The fraction of sp³-hybridized carbons (Fsp3) is 0.500. The second kappa shape index (κ2) is 5.87. The number of amides is 1. The van der Waals surface area contributed by atoms with Gasteiger partial charge in [0.1, 0.15) is 5.54 Å². The number of hydrogen-bond acceptors (Lipinski definition) is 3. The molecule has 1 atom stereocenters. The minimum absolute atomic E-state index is 0.0236. The Morgan fingerprint density at radius 2 is 2.17 bits per heavy atom. The molecule has 1 unspecified atom stereocenters. The van der Waals surface area contributed by atoms with Crippen LogP contribution in [0.15, 0.2) is 24.3 Å². The maximum absolute atomic E-state index is 11.8. The summed E-state index contributed by atoms with van der Waals surface area (Å²) in [6, 6.07) is 7.85. The fourth-order valence-electron chi connectivity index (χ4n) is 1.97. The van der Waals surface area contributed by atoms with Crippen molar-refractivity contribution in [3.05, 3.63) is 29.8 Å². The summed E-state index contributed by atoms with van der Waals surface area (Å²) in [6.45, 7) is 6.15. The van der Waals surface area contributed by atoms with Gasteiger partial charge in [-0.1, -0.05) is 26.0 Å². The number of ether oxygens (including phenoxy) is 1. The molecule has 18 heavy (non-hydrogen) atoms. The molecule has 0 aliphatic carbocycles. The van der Waals surface area contributed by atoms with Crippen molar-refractivity contribution in [2.24, 2.45) is 11.7 Å². The molecule has 0 aliphatic rings.